The number of nitrogens with zero attached hydrogens (tertiary/aromatic N) is 1. The SMILES string of the molecule is COc1cc2c(cc1OC)[C@@H](c1ccccc1)N([C@@H]1O[C@H](COC(=O)C(C)(C)C)[C@H](OC(=O)C(C)(C)C)[C@H](OC(=O)C(C)(C)C)[C@H]1OC(=O)C(C)(C)C)CC2. The lowest BCUT2D eigenvalue weighted by atomic mass is 9.85. The van der Waals surface area contributed by atoms with Crippen LogP contribution >= 0.6 is 0 Å². The molecule has 0 bridgehead atoms. The molecule has 4 rings (SSSR count). The normalized spacial score (nSPS) is 23.5. The first-order valence-corrected chi connectivity index (χ1v) is 18.9. The number of benzene rings is 2. The van der Waals surface area contributed by atoms with E-state index in [1.807, 2.05) is 42.5 Å². The van der Waals surface area contributed by atoms with Gasteiger partial charge in [0.05, 0.1) is 41.9 Å². The fourth-order valence-electron chi connectivity index (χ4n) is 6.22. The summed E-state index contributed by atoms with van der Waals surface area (Å²) in [6, 6.07) is 13.2. The maximum absolute atomic E-state index is 13.9. The number of ether oxygens (including phenoxy) is 7. The quantitative estimate of drug-likeness (QED) is 0.195. The molecule has 12 nitrogen and oxygen atoms in total. The minimum Gasteiger partial charge on any atom is -0.493 e. The monoisotopic (exact) mass is 767 g/mol. The molecule has 0 unspecified atom stereocenters. The largest absolute Gasteiger partial charge is 0.493 e. The number of carbonyl (C=O) groups excluding carboxylic acids is 4. The van der Waals surface area contributed by atoms with Gasteiger partial charge in [-0.1, -0.05) is 30.3 Å². The van der Waals surface area contributed by atoms with Gasteiger partial charge in [0, 0.05) is 6.54 Å². The zero-order valence-electron chi connectivity index (χ0n) is 35.1. The minimum absolute atomic E-state index is 0.344. The molecule has 2 heterocycles. The van der Waals surface area contributed by atoms with Crippen LogP contribution in [0, 0.1) is 21.7 Å². The highest BCUT2D eigenvalue weighted by Crippen LogP contribution is 2.45. The number of fused-ring (bicyclic) bond motifs is 1. The van der Waals surface area contributed by atoms with Gasteiger partial charge in [-0.15, -0.1) is 0 Å². The van der Waals surface area contributed by atoms with Crippen LogP contribution in [0.5, 0.6) is 11.5 Å². The molecule has 2 aliphatic heterocycles. The van der Waals surface area contributed by atoms with E-state index in [1.54, 1.807) is 97.3 Å². The number of methoxy groups -OCH3 is 2. The van der Waals surface area contributed by atoms with E-state index in [0.29, 0.717) is 24.5 Å². The third-order valence-electron chi connectivity index (χ3n) is 9.52. The van der Waals surface area contributed by atoms with Crippen LogP contribution < -0.4 is 9.47 Å². The van der Waals surface area contributed by atoms with Crippen molar-refractivity contribution in [3.63, 3.8) is 0 Å². The summed E-state index contributed by atoms with van der Waals surface area (Å²) < 4.78 is 43.1. The Labute approximate surface area is 326 Å². The molecule has 0 radical (unpaired) electrons. The number of hydrogen-bond acceptors (Lipinski definition) is 12. The summed E-state index contributed by atoms with van der Waals surface area (Å²) in [4.78, 5) is 56.8. The average Bonchev–Trinajstić information content (AvgIpc) is 3.09. The van der Waals surface area contributed by atoms with E-state index in [9.17, 15) is 19.2 Å². The molecule has 1 saturated heterocycles. The summed E-state index contributed by atoms with van der Waals surface area (Å²) >= 11 is 0. The van der Waals surface area contributed by atoms with Crippen molar-refractivity contribution >= 4 is 23.9 Å². The molecule has 2 aromatic rings. The first-order chi connectivity index (χ1) is 25.4. The first-order valence-electron chi connectivity index (χ1n) is 18.9. The van der Waals surface area contributed by atoms with Gasteiger partial charge in [0.15, 0.2) is 36.0 Å². The molecule has 0 aromatic heterocycles. The molecule has 55 heavy (non-hydrogen) atoms. The van der Waals surface area contributed by atoms with Crippen LogP contribution in [0.1, 0.15) is 106 Å². The van der Waals surface area contributed by atoms with Crippen molar-refractivity contribution in [2.24, 2.45) is 21.7 Å². The van der Waals surface area contributed by atoms with E-state index >= 15 is 0 Å². The second-order valence-corrected chi connectivity index (χ2v) is 18.5. The Morgan fingerprint density at radius 2 is 1.13 bits per heavy atom. The molecule has 304 valence electrons. The van der Waals surface area contributed by atoms with Gasteiger partial charge in [-0.05, 0) is 118 Å². The van der Waals surface area contributed by atoms with E-state index in [4.69, 9.17) is 33.2 Å². The smallest absolute Gasteiger partial charge is 0.311 e. The molecule has 0 N–H and O–H groups in total. The van der Waals surface area contributed by atoms with Gasteiger partial charge in [0.25, 0.3) is 0 Å². The summed E-state index contributed by atoms with van der Waals surface area (Å²) in [6.07, 6.45) is -5.72. The van der Waals surface area contributed by atoms with Crippen LogP contribution in [0.3, 0.4) is 0 Å². The van der Waals surface area contributed by atoms with E-state index in [2.05, 4.69) is 4.90 Å². The summed E-state index contributed by atoms with van der Waals surface area (Å²) in [6.45, 7) is 20.6. The topological polar surface area (TPSA) is 136 Å². The average molecular weight is 768 g/mol. The standard InChI is InChI=1S/C43H61NO11/c1-40(2,3)36(45)51-24-30-32(53-37(46)41(4,5)6)33(54-38(47)42(7,8)9)34(55-39(48)43(10,11)12)35(52-30)44-21-20-26-22-28(49-13)29(50-14)23-27(26)31(44)25-18-16-15-17-19-25/h15-19,22-23,30-35H,20-21,24H2,1-14H3/t30-,31-,32+,33+,34-,35-/m1/s1. The van der Waals surface area contributed by atoms with Gasteiger partial charge in [0.2, 0.25) is 0 Å². The highest BCUT2D eigenvalue weighted by atomic mass is 16.7. The molecule has 2 aromatic carbocycles. The zero-order chi connectivity index (χ0) is 41.3. The van der Waals surface area contributed by atoms with Crippen molar-refractivity contribution in [2.45, 2.75) is 126 Å². The molecule has 12 heteroatoms. The third-order valence-corrected chi connectivity index (χ3v) is 9.52. The van der Waals surface area contributed by atoms with E-state index in [-0.39, 0.29) is 6.61 Å². The van der Waals surface area contributed by atoms with Gasteiger partial charge >= 0.3 is 23.9 Å². The predicted molar refractivity (Wildman–Crippen MR) is 205 cm³/mol. The van der Waals surface area contributed by atoms with Crippen LogP contribution in [0.25, 0.3) is 0 Å². The molecule has 1 fully saturated rings. The Kier molecular flexibility index (Phi) is 13.1. The molecule has 0 spiro atoms. The summed E-state index contributed by atoms with van der Waals surface area (Å²) in [5, 5.41) is 0. The van der Waals surface area contributed by atoms with Crippen molar-refractivity contribution < 1.29 is 52.3 Å². The van der Waals surface area contributed by atoms with E-state index in [1.165, 1.54) is 0 Å². The minimum atomic E-state index is -1.37. The van der Waals surface area contributed by atoms with Crippen LogP contribution in [0.2, 0.25) is 0 Å². The number of carbonyl (C=O) groups is 4. The maximum Gasteiger partial charge on any atom is 0.311 e. The van der Waals surface area contributed by atoms with Crippen molar-refractivity contribution in [1.29, 1.82) is 0 Å². The van der Waals surface area contributed by atoms with Crippen LogP contribution in [-0.2, 0) is 49.3 Å². The Hall–Kier alpha value is -4.16. The Bertz CT molecular complexity index is 1690. The van der Waals surface area contributed by atoms with Crippen LogP contribution in [0.15, 0.2) is 42.5 Å². The molecule has 0 amide bonds. The van der Waals surface area contributed by atoms with Crippen molar-refractivity contribution in [3.05, 3.63) is 59.2 Å². The number of rotatable bonds is 9. The predicted octanol–water partition coefficient (Wildman–Crippen LogP) is 6.84. The molecule has 6 atom stereocenters. The van der Waals surface area contributed by atoms with Gasteiger partial charge in [0.1, 0.15) is 12.7 Å². The Morgan fingerprint density at radius 1 is 0.655 bits per heavy atom. The van der Waals surface area contributed by atoms with Gasteiger partial charge in [-0.2, -0.15) is 0 Å². The first kappa shape index (κ1) is 43.6. The van der Waals surface area contributed by atoms with Crippen LogP contribution in [0.4, 0.5) is 0 Å². The highest BCUT2D eigenvalue weighted by Gasteiger charge is 2.57. The lowest BCUT2D eigenvalue weighted by molar-refractivity contribution is -0.287. The molecule has 0 saturated carbocycles. The van der Waals surface area contributed by atoms with Crippen molar-refractivity contribution in [1.82, 2.24) is 4.90 Å². The fraction of sp³-hybridized carbons (Fsp3) is 0.628. The summed E-state index contributed by atoms with van der Waals surface area (Å²) in [5.74, 6) is -1.19. The fourth-order valence-corrected chi connectivity index (χ4v) is 6.22. The van der Waals surface area contributed by atoms with Crippen molar-refractivity contribution in [2.75, 3.05) is 27.4 Å². The zero-order valence-corrected chi connectivity index (χ0v) is 35.1. The lowest BCUT2D eigenvalue weighted by Gasteiger charge is -2.51. The van der Waals surface area contributed by atoms with Gasteiger partial charge in [-0.25, -0.2) is 0 Å². The highest BCUT2D eigenvalue weighted by molar-refractivity contribution is 5.78. The number of esters is 4. The Morgan fingerprint density at radius 3 is 1.62 bits per heavy atom. The maximum atomic E-state index is 13.9. The van der Waals surface area contributed by atoms with Crippen molar-refractivity contribution in [3.8, 4) is 11.5 Å². The third kappa shape index (κ3) is 10.2. The van der Waals surface area contributed by atoms with E-state index in [0.717, 1.165) is 16.7 Å². The van der Waals surface area contributed by atoms with E-state index < -0.39 is 82.2 Å². The molecule has 2 aliphatic rings. The molecule has 0 aliphatic carbocycles. The van der Waals surface area contributed by atoms with Gasteiger partial charge < -0.3 is 33.2 Å². The second kappa shape index (κ2) is 16.5. The van der Waals surface area contributed by atoms with Gasteiger partial charge in [-0.3, -0.25) is 24.1 Å². The Balaban J connectivity index is 2.00. The molecular formula is C43H61NO11. The summed E-state index contributed by atoms with van der Waals surface area (Å²) in [7, 11) is 3.16. The van der Waals surface area contributed by atoms with Crippen LogP contribution in [-0.4, -0.2) is 86.8 Å². The number of hydrogen-bond donors (Lipinski definition) is 0. The lowest BCUT2D eigenvalue weighted by Crippen LogP contribution is -2.68. The summed E-state index contributed by atoms with van der Waals surface area (Å²) in [5.41, 5.74) is -0.980. The molecular weight excluding hydrogens is 706 g/mol. The second-order valence-electron chi connectivity index (χ2n) is 18.5.